The molecule has 3 rings (SSSR count). The molecule has 1 heterocycles. The molecule has 2 aromatic rings. The fourth-order valence-corrected chi connectivity index (χ4v) is 3.61. The van der Waals surface area contributed by atoms with E-state index in [1.807, 2.05) is 37.4 Å². The summed E-state index contributed by atoms with van der Waals surface area (Å²) in [6.07, 6.45) is 2.29. The number of para-hydroxylation sites is 1. The van der Waals surface area contributed by atoms with E-state index in [1.54, 1.807) is 0 Å². The molecular formula is C23H33IN4O. The Morgan fingerprint density at radius 3 is 2.28 bits per heavy atom. The van der Waals surface area contributed by atoms with E-state index in [1.165, 1.54) is 11.1 Å². The third kappa shape index (κ3) is 7.19. The second-order valence-electron chi connectivity index (χ2n) is 7.52. The van der Waals surface area contributed by atoms with Crippen LogP contribution in [0.2, 0.25) is 0 Å². The second-order valence-corrected chi connectivity index (χ2v) is 7.52. The molecule has 0 saturated carbocycles. The number of ether oxygens (including phenoxy) is 1. The molecule has 1 saturated heterocycles. The van der Waals surface area contributed by atoms with Gasteiger partial charge < -0.3 is 19.9 Å². The van der Waals surface area contributed by atoms with Gasteiger partial charge in [-0.1, -0.05) is 42.5 Å². The Kier molecular flexibility index (Phi) is 9.73. The van der Waals surface area contributed by atoms with E-state index in [4.69, 9.17) is 4.74 Å². The summed E-state index contributed by atoms with van der Waals surface area (Å²) in [6, 6.07) is 18.7. The highest BCUT2D eigenvalue weighted by molar-refractivity contribution is 14.0. The molecule has 0 aromatic heterocycles. The van der Waals surface area contributed by atoms with Crippen LogP contribution in [-0.2, 0) is 13.1 Å². The topological polar surface area (TPSA) is 40.1 Å². The van der Waals surface area contributed by atoms with Gasteiger partial charge >= 0.3 is 0 Å². The number of rotatable bonds is 6. The molecule has 0 aliphatic carbocycles. The molecule has 29 heavy (non-hydrogen) atoms. The lowest BCUT2D eigenvalue weighted by Crippen LogP contribution is -2.47. The number of hydrogen-bond donors (Lipinski definition) is 1. The molecule has 1 aliphatic heterocycles. The fraction of sp³-hybridized carbons (Fsp3) is 0.435. The van der Waals surface area contributed by atoms with Gasteiger partial charge in [-0.25, -0.2) is 0 Å². The lowest BCUT2D eigenvalue weighted by Gasteiger charge is -2.34. The van der Waals surface area contributed by atoms with Crippen molar-refractivity contribution in [2.45, 2.75) is 32.0 Å². The molecule has 0 radical (unpaired) electrons. The van der Waals surface area contributed by atoms with E-state index >= 15 is 0 Å². The first kappa shape index (κ1) is 23.5. The van der Waals surface area contributed by atoms with Gasteiger partial charge in [-0.2, -0.15) is 0 Å². The number of halogens is 1. The van der Waals surface area contributed by atoms with Gasteiger partial charge in [0.2, 0.25) is 0 Å². The van der Waals surface area contributed by atoms with Crippen LogP contribution >= 0.6 is 24.0 Å². The summed E-state index contributed by atoms with van der Waals surface area (Å²) in [7, 11) is 6.07. The van der Waals surface area contributed by atoms with Crippen molar-refractivity contribution in [3.8, 4) is 5.75 Å². The predicted octanol–water partition coefficient (Wildman–Crippen LogP) is 3.99. The normalized spacial score (nSPS) is 15.2. The van der Waals surface area contributed by atoms with Crippen LogP contribution in [0.15, 0.2) is 59.6 Å². The van der Waals surface area contributed by atoms with Crippen molar-refractivity contribution in [1.82, 2.24) is 15.1 Å². The summed E-state index contributed by atoms with van der Waals surface area (Å²) in [4.78, 5) is 9.04. The zero-order chi connectivity index (χ0) is 19.8. The van der Waals surface area contributed by atoms with Crippen LogP contribution in [0.25, 0.3) is 0 Å². The molecule has 5 nitrogen and oxygen atoms in total. The van der Waals surface area contributed by atoms with Crippen LogP contribution < -0.4 is 10.1 Å². The number of likely N-dealkylation sites (tertiary alicyclic amines) is 1. The number of piperidine rings is 1. The fourth-order valence-electron chi connectivity index (χ4n) is 3.61. The van der Waals surface area contributed by atoms with Gasteiger partial charge in [0.05, 0.1) is 0 Å². The average molecular weight is 508 g/mol. The van der Waals surface area contributed by atoms with Crippen LogP contribution in [0.3, 0.4) is 0 Å². The molecule has 158 valence electrons. The average Bonchev–Trinajstić information content (AvgIpc) is 2.71. The van der Waals surface area contributed by atoms with Gasteiger partial charge in [0.1, 0.15) is 11.9 Å². The van der Waals surface area contributed by atoms with Gasteiger partial charge in [-0.05, 0) is 37.4 Å². The second kappa shape index (κ2) is 12.0. The Balaban J connectivity index is 0.00000300. The Hall–Kier alpha value is -1.80. The van der Waals surface area contributed by atoms with Gasteiger partial charge in [-0.3, -0.25) is 4.99 Å². The van der Waals surface area contributed by atoms with Crippen molar-refractivity contribution < 1.29 is 4.74 Å². The summed E-state index contributed by atoms with van der Waals surface area (Å²) in [5, 5.41) is 3.55. The molecule has 0 bridgehead atoms. The number of hydrogen-bond acceptors (Lipinski definition) is 3. The van der Waals surface area contributed by atoms with Crippen LogP contribution in [0.1, 0.15) is 24.0 Å². The van der Waals surface area contributed by atoms with E-state index in [-0.39, 0.29) is 30.1 Å². The zero-order valence-electron chi connectivity index (χ0n) is 17.7. The van der Waals surface area contributed by atoms with Gasteiger partial charge in [0.25, 0.3) is 0 Å². The van der Waals surface area contributed by atoms with Gasteiger partial charge in [-0.15, -0.1) is 24.0 Å². The van der Waals surface area contributed by atoms with Crippen molar-refractivity contribution in [3.63, 3.8) is 0 Å². The standard InChI is InChI=1S/C23H32N4O.HI/c1-24-23(25-17-19-9-7-8-10-20(19)18-26(2)3)27-15-13-22(14-16-27)28-21-11-5-4-6-12-21;/h4-12,22H,13-18H2,1-3H3,(H,24,25);1H. The number of benzene rings is 2. The third-order valence-electron chi connectivity index (χ3n) is 5.04. The minimum absolute atomic E-state index is 0. The van der Waals surface area contributed by atoms with E-state index in [0.717, 1.165) is 50.7 Å². The number of nitrogens with zero attached hydrogens (tertiary/aromatic N) is 3. The predicted molar refractivity (Wildman–Crippen MR) is 131 cm³/mol. The molecule has 1 aliphatic rings. The summed E-state index contributed by atoms with van der Waals surface area (Å²) in [6.45, 7) is 3.64. The summed E-state index contributed by atoms with van der Waals surface area (Å²) in [5.41, 5.74) is 2.67. The molecule has 6 heteroatoms. The van der Waals surface area contributed by atoms with Crippen molar-refractivity contribution in [2.75, 3.05) is 34.2 Å². The van der Waals surface area contributed by atoms with Gasteiger partial charge in [0, 0.05) is 46.1 Å². The Morgan fingerprint density at radius 2 is 1.66 bits per heavy atom. The molecule has 0 spiro atoms. The third-order valence-corrected chi connectivity index (χ3v) is 5.04. The first-order valence-electron chi connectivity index (χ1n) is 10.0. The lowest BCUT2D eigenvalue weighted by atomic mass is 10.1. The first-order chi connectivity index (χ1) is 13.7. The number of nitrogens with one attached hydrogen (secondary N) is 1. The quantitative estimate of drug-likeness (QED) is 0.364. The highest BCUT2D eigenvalue weighted by Crippen LogP contribution is 2.19. The molecule has 2 aromatic carbocycles. The smallest absolute Gasteiger partial charge is 0.193 e. The monoisotopic (exact) mass is 508 g/mol. The maximum absolute atomic E-state index is 6.11. The molecule has 0 atom stereocenters. The highest BCUT2D eigenvalue weighted by Gasteiger charge is 2.22. The summed E-state index contributed by atoms with van der Waals surface area (Å²) < 4.78 is 6.11. The van der Waals surface area contributed by atoms with Gasteiger partial charge in [0.15, 0.2) is 5.96 Å². The lowest BCUT2D eigenvalue weighted by molar-refractivity contribution is 0.129. The van der Waals surface area contributed by atoms with Crippen molar-refractivity contribution in [2.24, 2.45) is 4.99 Å². The van der Waals surface area contributed by atoms with Crippen LogP contribution in [0.5, 0.6) is 5.75 Å². The van der Waals surface area contributed by atoms with E-state index < -0.39 is 0 Å². The Labute approximate surface area is 192 Å². The number of aliphatic imine (C=N–C) groups is 1. The molecular weight excluding hydrogens is 475 g/mol. The molecule has 1 fully saturated rings. The molecule has 0 unspecified atom stereocenters. The van der Waals surface area contributed by atoms with Crippen molar-refractivity contribution >= 4 is 29.9 Å². The molecule has 1 N–H and O–H groups in total. The largest absolute Gasteiger partial charge is 0.490 e. The van der Waals surface area contributed by atoms with Crippen molar-refractivity contribution in [3.05, 3.63) is 65.7 Å². The van der Waals surface area contributed by atoms with E-state index in [0.29, 0.717) is 0 Å². The zero-order valence-corrected chi connectivity index (χ0v) is 20.0. The maximum atomic E-state index is 6.11. The van der Waals surface area contributed by atoms with Crippen LogP contribution in [0.4, 0.5) is 0 Å². The highest BCUT2D eigenvalue weighted by atomic mass is 127. The molecule has 0 amide bonds. The Morgan fingerprint density at radius 1 is 1.03 bits per heavy atom. The SMILES string of the molecule is CN=C(NCc1ccccc1CN(C)C)N1CCC(Oc2ccccc2)CC1.I. The van der Waals surface area contributed by atoms with E-state index in [2.05, 4.69) is 58.5 Å². The minimum Gasteiger partial charge on any atom is -0.490 e. The Bertz CT molecular complexity index is 758. The summed E-state index contributed by atoms with van der Waals surface area (Å²) >= 11 is 0. The minimum atomic E-state index is 0. The van der Waals surface area contributed by atoms with E-state index in [9.17, 15) is 0 Å². The summed E-state index contributed by atoms with van der Waals surface area (Å²) in [5.74, 6) is 1.93. The number of guanidine groups is 1. The first-order valence-corrected chi connectivity index (χ1v) is 10.0. The van der Waals surface area contributed by atoms with Crippen LogP contribution in [-0.4, -0.2) is 56.1 Å². The maximum Gasteiger partial charge on any atom is 0.193 e. The van der Waals surface area contributed by atoms with Crippen molar-refractivity contribution in [1.29, 1.82) is 0 Å². The van der Waals surface area contributed by atoms with Crippen LogP contribution in [0, 0.1) is 0 Å².